The summed E-state index contributed by atoms with van der Waals surface area (Å²) in [6.45, 7) is 7.67. The minimum Gasteiger partial charge on any atom is -0.478 e. The number of nitrogens with one attached hydrogen (secondary N) is 1. The highest BCUT2D eigenvalue weighted by Crippen LogP contribution is 2.45. The number of ether oxygens (including phenoxy) is 1. The van der Waals surface area contributed by atoms with Gasteiger partial charge in [-0.15, -0.1) is 0 Å². The van der Waals surface area contributed by atoms with Crippen molar-refractivity contribution in [3.63, 3.8) is 0 Å². The van der Waals surface area contributed by atoms with Crippen molar-refractivity contribution in [3.8, 4) is 0 Å². The van der Waals surface area contributed by atoms with Crippen molar-refractivity contribution in [2.75, 3.05) is 0 Å². The zero-order chi connectivity index (χ0) is 15.4. The zero-order valence-electron chi connectivity index (χ0n) is 13.3. The Morgan fingerprint density at radius 2 is 2.10 bits per heavy atom. The van der Waals surface area contributed by atoms with Gasteiger partial charge in [-0.2, -0.15) is 0 Å². The summed E-state index contributed by atoms with van der Waals surface area (Å²) in [5.74, 6) is 0.829. The number of allylic oxidation sites excluding steroid dienone is 1. The highest BCUT2D eigenvalue weighted by atomic mass is 16.5. The van der Waals surface area contributed by atoms with E-state index in [1.54, 1.807) is 0 Å². The van der Waals surface area contributed by atoms with Crippen LogP contribution in [-0.4, -0.2) is 28.3 Å². The van der Waals surface area contributed by atoms with E-state index in [2.05, 4.69) is 5.32 Å². The van der Waals surface area contributed by atoms with Gasteiger partial charge in [0.2, 0.25) is 0 Å². The molecule has 0 aromatic rings. The van der Waals surface area contributed by atoms with Crippen LogP contribution in [0.25, 0.3) is 0 Å². The van der Waals surface area contributed by atoms with Gasteiger partial charge in [0, 0.05) is 12.0 Å². The van der Waals surface area contributed by atoms with Gasteiger partial charge in [0.15, 0.2) is 5.60 Å². The molecule has 116 valence electrons. The predicted octanol–water partition coefficient (Wildman–Crippen LogP) is 2.44. The SMILES string of the molecule is CC1=CC(C)(O)C(C)C2=C1OC(C)(C(=O)NC1CC1)CC2. The van der Waals surface area contributed by atoms with Crippen LogP contribution in [0.3, 0.4) is 0 Å². The molecule has 3 aliphatic rings. The Bertz CT molecular complexity index is 542. The first kappa shape index (κ1) is 14.6. The molecule has 0 saturated heterocycles. The maximum Gasteiger partial charge on any atom is 0.264 e. The van der Waals surface area contributed by atoms with E-state index in [0.717, 1.165) is 36.2 Å². The molecule has 21 heavy (non-hydrogen) atoms. The molecule has 0 spiro atoms. The summed E-state index contributed by atoms with van der Waals surface area (Å²) in [4.78, 5) is 12.4. The lowest BCUT2D eigenvalue weighted by molar-refractivity contribution is -0.142. The van der Waals surface area contributed by atoms with Crippen LogP contribution in [0.2, 0.25) is 0 Å². The largest absolute Gasteiger partial charge is 0.478 e. The van der Waals surface area contributed by atoms with Gasteiger partial charge in [-0.05, 0) is 63.7 Å². The van der Waals surface area contributed by atoms with E-state index in [0.29, 0.717) is 12.5 Å². The van der Waals surface area contributed by atoms with Crippen LogP contribution >= 0.6 is 0 Å². The fourth-order valence-electron chi connectivity index (χ4n) is 3.28. The smallest absolute Gasteiger partial charge is 0.264 e. The van der Waals surface area contributed by atoms with Crippen molar-refractivity contribution in [2.24, 2.45) is 5.92 Å². The van der Waals surface area contributed by atoms with Crippen LogP contribution in [0.4, 0.5) is 0 Å². The maximum atomic E-state index is 12.4. The first-order chi connectivity index (χ1) is 9.73. The normalized spacial score (nSPS) is 39.3. The monoisotopic (exact) mass is 291 g/mol. The number of hydrogen-bond acceptors (Lipinski definition) is 3. The van der Waals surface area contributed by atoms with Crippen LogP contribution < -0.4 is 5.32 Å². The van der Waals surface area contributed by atoms with E-state index >= 15 is 0 Å². The minimum absolute atomic E-state index is 0.00524. The highest BCUT2D eigenvalue weighted by molar-refractivity contribution is 5.85. The van der Waals surface area contributed by atoms with E-state index in [-0.39, 0.29) is 11.8 Å². The number of aliphatic hydroxyl groups is 1. The van der Waals surface area contributed by atoms with Gasteiger partial charge in [-0.1, -0.05) is 6.92 Å². The second kappa shape index (κ2) is 4.60. The fourth-order valence-corrected chi connectivity index (χ4v) is 3.28. The van der Waals surface area contributed by atoms with Gasteiger partial charge in [0.05, 0.1) is 5.60 Å². The van der Waals surface area contributed by atoms with Crippen LogP contribution in [0, 0.1) is 5.92 Å². The number of hydrogen-bond donors (Lipinski definition) is 2. The molecule has 3 unspecified atom stereocenters. The first-order valence-electron chi connectivity index (χ1n) is 7.88. The zero-order valence-corrected chi connectivity index (χ0v) is 13.3. The molecule has 0 radical (unpaired) electrons. The van der Waals surface area contributed by atoms with E-state index in [1.807, 2.05) is 33.8 Å². The van der Waals surface area contributed by atoms with Crippen molar-refractivity contribution in [1.29, 1.82) is 0 Å². The highest BCUT2D eigenvalue weighted by Gasteiger charge is 2.46. The lowest BCUT2D eigenvalue weighted by Crippen LogP contribution is -2.50. The maximum absolute atomic E-state index is 12.4. The topological polar surface area (TPSA) is 58.6 Å². The quantitative estimate of drug-likeness (QED) is 0.821. The Balaban J connectivity index is 1.85. The van der Waals surface area contributed by atoms with E-state index < -0.39 is 11.2 Å². The van der Waals surface area contributed by atoms with Gasteiger partial charge >= 0.3 is 0 Å². The van der Waals surface area contributed by atoms with Crippen molar-refractivity contribution >= 4 is 5.91 Å². The minimum atomic E-state index is -0.837. The molecular formula is C17H25NO3. The number of carbonyl (C=O) groups excluding carboxylic acids is 1. The molecule has 1 saturated carbocycles. The summed E-state index contributed by atoms with van der Waals surface area (Å²) in [5.41, 5.74) is 0.436. The molecule has 3 atom stereocenters. The second-order valence-electron chi connectivity index (χ2n) is 7.21. The Morgan fingerprint density at radius 3 is 2.71 bits per heavy atom. The summed E-state index contributed by atoms with van der Waals surface area (Å²) >= 11 is 0. The van der Waals surface area contributed by atoms with Gasteiger partial charge in [-0.25, -0.2) is 0 Å². The fraction of sp³-hybridized carbons (Fsp3) is 0.706. The molecule has 1 heterocycles. The number of rotatable bonds is 2. The molecule has 1 amide bonds. The number of amides is 1. The third-order valence-corrected chi connectivity index (χ3v) is 5.15. The molecular weight excluding hydrogens is 266 g/mol. The van der Waals surface area contributed by atoms with Crippen LogP contribution in [0.1, 0.15) is 53.4 Å². The van der Waals surface area contributed by atoms with Gasteiger partial charge < -0.3 is 15.2 Å². The molecule has 2 N–H and O–H groups in total. The lowest BCUT2D eigenvalue weighted by atomic mass is 9.74. The van der Waals surface area contributed by atoms with Crippen LogP contribution in [0.15, 0.2) is 23.0 Å². The Hall–Kier alpha value is -1.29. The average molecular weight is 291 g/mol. The molecule has 0 bridgehead atoms. The van der Waals surface area contributed by atoms with Crippen LogP contribution in [-0.2, 0) is 9.53 Å². The predicted molar refractivity (Wildman–Crippen MR) is 80.5 cm³/mol. The van der Waals surface area contributed by atoms with E-state index in [4.69, 9.17) is 4.74 Å². The third-order valence-electron chi connectivity index (χ3n) is 5.15. The summed E-state index contributed by atoms with van der Waals surface area (Å²) in [5, 5.41) is 13.5. The van der Waals surface area contributed by atoms with Crippen LogP contribution in [0.5, 0.6) is 0 Å². The van der Waals surface area contributed by atoms with Crippen molar-refractivity contribution in [1.82, 2.24) is 5.32 Å². The Morgan fingerprint density at radius 1 is 1.43 bits per heavy atom. The van der Waals surface area contributed by atoms with Gasteiger partial charge in [0.25, 0.3) is 5.91 Å². The molecule has 1 aliphatic heterocycles. The molecule has 3 rings (SSSR count). The molecule has 4 heteroatoms. The van der Waals surface area contributed by atoms with Gasteiger partial charge in [-0.3, -0.25) is 4.79 Å². The molecule has 4 nitrogen and oxygen atoms in total. The molecule has 0 aromatic heterocycles. The Labute approximate surface area is 126 Å². The first-order valence-corrected chi connectivity index (χ1v) is 7.88. The van der Waals surface area contributed by atoms with E-state index in [9.17, 15) is 9.90 Å². The molecule has 1 fully saturated rings. The summed E-state index contributed by atoms with van der Waals surface area (Å²) in [6, 6.07) is 0.343. The molecule has 2 aliphatic carbocycles. The van der Waals surface area contributed by atoms with Crippen molar-refractivity contribution in [2.45, 2.75) is 70.6 Å². The third kappa shape index (κ3) is 2.50. The average Bonchev–Trinajstić information content (AvgIpc) is 3.20. The second-order valence-corrected chi connectivity index (χ2v) is 7.21. The standard InChI is InChI=1S/C17H25NO3/c1-10-9-16(3,20)11(2)13-7-8-17(4,21-14(10)13)15(19)18-12-5-6-12/h9,11-12,20H,5-8H2,1-4H3,(H,18,19). The van der Waals surface area contributed by atoms with E-state index in [1.165, 1.54) is 0 Å². The summed E-state index contributed by atoms with van der Waals surface area (Å²) in [7, 11) is 0. The number of carbonyl (C=O) groups is 1. The Kier molecular flexibility index (Phi) is 3.21. The van der Waals surface area contributed by atoms with Gasteiger partial charge in [0.1, 0.15) is 5.76 Å². The lowest BCUT2D eigenvalue weighted by Gasteiger charge is -2.43. The summed E-state index contributed by atoms with van der Waals surface area (Å²) in [6.07, 6.45) is 5.47. The molecule has 0 aromatic carbocycles. The van der Waals surface area contributed by atoms with Crippen molar-refractivity contribution in [3.05, 3.63) is 23.0 Å². The van der Waals surface area contributed by atoms with Crippen molar-refractivity contribution < 1.29 is 14.6 Å². The summed E-state index contributed by atoms with van der Waals surface area (Å²) < 4.78 is 6.13.